The molecule has 8 heteroatoms. The van der Waals surface area contributed by atoms with Gasteiger partial charge in [-0.15, -0.1) is 10.2 Å². The zero-order chi connectivity index (χ0) is 13.7. The molecule has 0 aliphatic carbocycles. The summed E-state index contributed by atoms with van der Waals surface area (Å²) in [7, 11) is 4.05. The standard InChI is InChI=1S/C11H18N6OS/c1-16(2)7-3-6-12-9(18)4-5-10-15-17-8-13-14-11(17)19-10/h8H,3-7H2,1-2H3,(H,12,18). The van der Waals surface area contributed by atoms with Crippen LogP contribution in [-0.4, -0.2) is 57.8 Å². The summed E-state index contributed by atoms with van der Waals surface area (Å²) in [6, 6.07) is 0. The number of carbonyl (C=O) groups excluding carboxylic acids is 1. The SMILES string of the molecule is CN(C)CCCNC(=O)CCc1nn2cnnc2s1. The summed E-state index contributed by atoms with van der Waals surface area (Å²) < 4.78 is 1.63. The third kappa shape index (κ3) is 4.25. The molecular formula is C11H18N6OS. The number of hydrogen-bond donors (Lipinski definition) is 1. The van der Waals surface area contributed by atoms with Gasteiger partial charge in [-0.3, -0.25) is 4.79 Å². The Balaban J connectivity index is 1.67. The minimum absolute atomic E-state index is 0.0738. The first kappa shape index (κ1) is 13.9. The minimum Gasteiger partial charge on any atom is -0.356 e. The van der Waals surface area contributed by atoms with Crippen LogP contribution < -0.4 is 5.32 Å². The molecule has 0 aliphatic rings. The van der Waals surface area contributed by atoms with Gasteiger partial charge in [0, 0.05) is 19.4 Å². The van der Waals surface area contributed by atoms with Crippen LogP contribution in [0.1, 0.15) is 17.8 Å². The normalized spacial score (nSPS) is 11.3. The molecule has 0 radical (unpaired) electrons. The van der Waals surface area contributed by atoms with E-state index in [0.717, 1.165) is 29.5 Å². The van der Waals surface area contributed by atoms with Gasteiger partial charge in [-0.25, -0.2) is 0 Å². The number of hydrogen-bond acceptors (Lipinski definition) is 6. The number of nitrogens with zero attached hydrogens (tertiary/aromatic N) is 5. The number of amides is 1. The lowest BCUT2D eigenvalue weighted by atomic mass is 10.3. The first-order valence-electron chi connectivity index (χ1n) is 6.22. The summed E-state index contributed by atoms with van der Waals surface area (Å²) in [6.45, 7) is 1.71. The molecule has 2 heterocycles. The van der Waals surface area contributed by atoms with Crippen molar-refractivity contribution >= 4 is 22.2 Å². The number of aryl methyl sites for hydroxylation is 1. The lowest BCUT2D eigenvalue weighted by molar-refractivity contribution is -0.121. The molecular weight excluding hydrogens is 264 g/mol. The molecule has 0 saturated carbocycles. The second-order valence-electron chi connectivity index (χ2n) is 4.56. The van der Waals surface area contributed by atoms with Crippen molar-refractivity contribution < 1.29 is 4.79 Å². The van der Waals surface area contributed by atoms with Gasteiger partial charge in [-0.2, -0.15) is 9.61 Å². The van der Waals surface area contributed by atoms with Gasteiger partial charge in [-0.05, 0) is 27.1 Å². The molecule has 0 spiro atoms. The molecule has 0 bridgehead atoms. The topological polar surface area (TPSA) is 75.4 Å². The summed E-state index contributed by atoms with van der Waals surface area (Å²) in [5, 5.41) is 15.8. The highest BCUT2D eigenvalue weighted by atomic mass is 32.1. The lowest BCUT2D eigenvalue weighted by Gasteiger charge is -2.09. The Bertz CT molecular complexity index is 506. The van der Waals surface area contributed by atoms with Crippen molar-refractivity contribution in [2.45, 2.75) is 19.3 Å². The predicted molar refractivity (Wildman–Crippen MR) is 73.2 cm³/mol. The minimum atomic E-state index is 0.0738. The average molecular weight is 282 g/mol. The molecule has 1 amide bonds. The molecule has 7 nitrogen and oxygen atoms in total. The van der Waals surface area contributed by atoms with Crippen LogP contribution in [0, 0.1) is 0 Å². The lowest BCUT2D eigenvalue weighted by Crippen LogP contribution is -2.27. The van der Waals surface area contributed by atoms with Crippen LogP contribution in [0.5, 0.6) is 0 Å². The van der Waals surface area contributed by atoms with Crippen molar-refractivity contribution in [2.24, 2.45) is 0 Å². The number of carbonyl (C=O) groups is 1. The van der Waals surface area contributed by atoms with E-state index in [1.165, 1.54) is 11.3 Å². The maximum atomic E-state index is 11.6. The van der Waals surface area contributed by atoms with Gasteiger partial charge in [0.05, 0.1) is 0 Å². The third-order valence-electron chi connectivity index (χ3n) is 2.60. The van der Waals surface area contributed by atoms with Gasteiger partial charge in [-0.1, -0.05) is 11.3 Å². The van der Waals surface area contributed by atoms with E-state index < -0.39 is 0 Å². The second kappa shape index (κ2) is 6.58. The van der Waals surface area contributed by atoms with E-state index in [0.29, 0.717) is 12.8 Å². The van der Waals surface area contributed by atoms with E-state index in [2.05, 4.69) is 25.5 Å². The maximum absolute atomic E-state index is 11.6. The van der Waals surface area contributed by atoms with Crippen LogP contribution in [0.4, 0.5) is 0 Å². The molecule has 0 fully saturated rings. The van der Waals surface area contributed by atoms with Crippen molar-refractivity contribution in [1.82, 2.24) is 30.0 Å². The highest BCUT2D eigenvalue weighted by Crippen LogP contribution is 2.12. The van der Waals surface area contributed by atoms with E-state index in [9.17, 15) is 4.79 Å². The molecule has 0 atom stereocenters. The van der Waals surface area contributed by atoms with E-state index in [4.69, 9.17) is 0 Å². The summed E-state index contributed by atoms with van der Waals surface area (Å²) >= 11 is 1.47. The molecule has 0 unspecified atom stereocenters. The zero-order valence-electron chi connectivity index (χ0n) is 11.2. The highest BCUT2D eigenvalue weighted by Gasteiger charge is 2.07. The molecule has 104 valence electrons. The van der Waals surface area contributed by atoms with Gasteiger partial charge in [0.2, 0.25) is 10.9 Å². The van der Waals surface area contributed by atoms with Gasteiger partial charge in [0.15, 0.2) is 0 Å². The molecule has 2 aromatic heterocycles. The first-order valence-corrected chi connectivity index (χ1v) is 7.04. The van der Waals surface area contributed by atoms with Crippen LogP contribution in [-0.2, 0) is 11.2 Å². The molecule has 0 aliphatic heterocycles. The molecule has 2 rings (SSSR count). The Morgan fingerprint density at radius 1 is 1.53 bits per heavy atom. The average Bonchev–Trinajstić information content (AvgIpc) is 2.92. The predicted octanol–water partition coefficient (Wildman–Crippen LogP) is 0.186. The quantitative estimate of drug-likeness (QED) is 0.734. The Labute approximate surface area is 115 Å². The number of aromatic nitrogens is 4. The molecule has 2 aromatic rings. The Hall–Kier alpha value is -1.54. The van der Waals surface area contributed by atoms with Crippen molar-refractivity contribution in [3.8, 4) is 0 Å². The van der Waals surface area contributed by atoms with Gasteiger partial charge in [0.25, 0.3) is 0 Å². The summed E-state index contributed by atoms with van der Waals surface area (Å²) in [4.78, 5) is 14.5. The van der Waals surface area contributed by atoms with E-state index in [-0.39, 0.29) is 5.91 Å². The molecule has 19 heavy (non-hydrogen) atoms. The van der Waals surface area contributed by atoms with Crippen LogP contribution in [0.15, 0.2) is 6.33 Å². The van der Waals surface area contributed by atoms with Crippen LogP contribution >= 0.6 is 11.3 Å². The smallest absolute Gasteiger partial charge is 0.234 e. The third-order valence-corrected chi connectivity index (χ3v) is 3.57. The van der Waals surface area contributed by atoms with Gasteiger partial charge >= 0.3 is 0 Å². The van der Waals surface area contributed by atoms with E-state index in [1.807, 2.05) is 14.1 Å². The van der Waals surface area contributed by atoms with Gasteiger partial charge in [0.1, 0.15) is 11.3 Å². The summed E-state index contributed by atoms with van der Waals surface area (Å²) in [5.41, 5.74) is 0. The zero-order valence-corrected chi connectivity index (χ0v) is 12.0. The Morgan fingerprint density at radius 2 is 2.37 bits per heavy atom. The molecule has 0 aromatic carbocycles. The first-order chi connectivity index (χ1) is 9.15. The molecule has 0 saturated heterocycles. The number of fused-ring (bicyclic) bond motifs is 1. The second-order valence-corrected chi connectivity index (χ2v) is 5.60. The van der Waals surface area contributed by atoms with E-state index >= 15 is 0 Å². The number of nitrogens with one attached hydrogen (secondary N) is 1. The van der Waals surface area contributed by atoms with Crippen molar-refractivity contribution in [3.63, 3.8) is 0 Å². The van der Waals surface area contributed by atoms with Crippen LogP contribution in [0.25, 0.3) is 4.96 Å². The molecule has 1 N–H and O–H groups in total. The largest absolute Gasteiger partial charge is 0.356 e. The fourth-order valence-corrected chi connectivity index (χ4v) is 2.45. The van der Waals surface area contributed by atoms with E-state index in [1.54, 1.807) is 10.8 Å². The highest BCUT2D eigenvalue weighted by molar-refractivity contribution is 7.16. The van der Waals surface area contributed by atoms with Crippen LogP contribution in [0.2, 0.25) is 0 Å². The summed E-state index contributed by atoms with van der Waals surface area (Å²) in [6.07, 6.45) is 3.64. The maximum Gasteiger partial charge on any atom is 0.234 e. The summed E-state index contributed by atoms with van der Waals surface area (Å²) in [5.74, 6) is 0.0738. The Kier molecular flexibility index (Phi) is 4.80. The van der Waals surface area contributed by atoms with Crippen molar-refractivity contribution in [1.29, 1.82) is 0 Å². The van der Waals surface area contributed by atoms with Crippen molar-refractivity contribution in [2.75, 3.05) is 27.2 Å². The fraction of sp³-hybridized carbons (Fsp3) is 0.636. The Morgan fingerprint density at radius 3 is 3.11 bits per heavy atom. The number of rotatable bonds is 7. The fourth-order valence-electron chi connectivity index (χ4n) is 1.63. The van der Waals surface area contributed by atoms with Crippen molar-refractivity contribution in [3.05, 3.63) is 11.3 Å². The van der Waals surface area contributed by atoms with Gasteiger partial charge < -0.3 is 10.2 Å². The monoisotopic (exact) mass is 282 g/mol. The van der Waals surface area contributed by atoms with Crippen LogP contribution in [0.3, 0.4) is 0 Å².